The van der Waals surface area contributed by atoms with Gasteiger partial charge in [0.1, 0.15) is 0 Å². The van der Waals surface area contributed by atoms with Crippen LogP contribution in [0.1, 0.15) is 11.1 Å². The maximum Gasteiger partial charge on any atom is -0.00130 e. The SMILES string of the molecule is c1ccc(-c2ccc(-c3ccc4c5c6c(cccc6c6ccccc6c35)C4)cc2-c2ccccc2)cc1. The molecule has 0 spiro atoms. The van der Waals surface area contributed by atoms with Crippen LogP contribution in [0.25, 0.3) is 65.7 Å². The molecule has 0 saturated carbocycles. The van der Waals surface area contributed by atoms with Crippen molar-refractivity contribution in [3.8, 4) is 33.4 Å². The smallest absolute Gasteiger partial charge is 0.00130 e. The van der Waals surface area contributed by atoms with Crippen LogP contribution in [0.4, 0.5) is 0 Å². The molecular weight excluding hydrogens is 444 g/mol. The lowest BCUT2D eigenvalue weighted by Crippen LogP contribution is -1.90. The maximum atomic E-state index is 2.40. The number of fused-ring (bicyclic) bond motifs is 3. The highest BCUT2D eigenvalue weighted by Gasteiger charge is 2.22. The molecule has 0 atom stereocenters. The van der Waals surface area contributed by atoms with Gasteiger partial charge >= 0.3 is 0 Å². The summed E-state index contributed by atoms with van der Waals surface area (Å²) < 4.78 is 0. The molecule has 0 heterocycles. The highest BCUT2D eigenvalue weighted by Crippen LogP contribution is 2.47. The van der Waals surface area contributed by atoms with Crippen LogP contribution in [-0.2, 0) is 6.42 Å². The fourth-order valence-electron chi connectivity index (χ4n) is 6.45. The summed E-state index contributed by atoms with van der Waals surface area (Å²) >= 11 is 0. The topological polar surface area (TPSA) is 0 Å². The van der Waals surface area contributed by atoms with Crippen molar-refractivity contribution >= 4 is 32.3 Å². The number of hydrogen-bond donors (Lipinski definition) is 0. The lowest BCUT2D eigenvalue weighted by molar-refractivity contribution is 1.27. The molecule has 1 aliphatic rings. The lowest BCUT2D eigenvalue weighted by Gasteiger charge is -2.17. The largest absolute Gasteiger partial charge is 0.0622 e. The van der Waals surface area contributed by atoms with E-state index in [9.17, 15) is 0 Å². The summed E-state index contributed by atoms with van der Waals surface area (Å²) in [6.07, 6.45) is 1.02. The van der Waals surface area contributed by atoms with Gasteiger partial charge < -0.3 is 0 Å². The number of hydrogen-bond acceptors (Lipinski definition) is 0. The molecule has 7 aromatic rings. The van der Waals surface area contributed by atoms with E-state index < -0.39 is 0 Å². The van der Waals surface area contributed by atoms with Gasteiger partial charge in [-0.15, -0.1) is 0 Å². The van der Waals surface area contributed by atoms with Crippen LogP contribution >= 0.6 is 0 Å². The summed E-state index contributed by atoms with van der Waals surface area (Å²) in [6, 6.07) is 49.0. The minimum Gasteiger partial charge on any atom is -0.0622 e. The Bertz CT molecular complexity index is 1980. The molecule has 172 valence electrons. The van der Waals surface area contributed by atoms with E-state index in [4.69, 9.17) is 0 Å². The van der Waals surface area contributed by atoms with E-state index >= 15 is 0 Å². The van der Waals surface area contributed by atoms with Gasteiger partial charge in [-0.2, -0.15) is 0 Å². The van der Waals surface area contributed by atoms with E-state index in [0.717, 1.165) is 6.42 Å². The standard InChI is InChI=1S/C37H24/c1-3-10-24(11-4-1)29-20-18-26(23-34(29)25-12-5-2-6-13-25)30-21-19-28-22-27-14-9-17-32-31-15-7-8-16-33(31)37(30)36(28)35(27)32/h1-21,23H,22H2. The average molecular weight is 469 g/mol. The Labute approximate surface area is 216 Å². The van der Waals surface area contributed by atoms with Gasteiger partial charge in [0.2, 0.25) is 0 Å². The van der Waals surface area contributed by atoms with Gasteiger partial charge in [-0.3, -0.25) is 0 Å². The Morgan fingerprint density at radius 1 is 0.324 bits per heavy atom. The van der Waals surface area contributed by atoms with Crippen molar-refractivity contribution < 1.29 is 0 Å². The van der Waals surface area contributed by atoms with Crippen LogP contribution in [0, 0.1) is 0 Å². The fourth-order valence-corrected chi connectivity index (χ4v) is 6.45. The van der Waals surface area contributed by atoms with Gasteiger partial charge in [0.25, 0.3) is 0 Å². The van der Waals surface area contributed by atoms with Gasteiger partial charge in [-0.05, 0) is 89.3 Å². The van der Waals surface area contributed by atoms with Crippen molar-refractivity contribution in [2.75, 3.05) is 0 Å². The Balaban J connectivity index is 1.47. The Morgan fingerprint density at radius 3 is 1.70 bits per heavy atom. The molecule has 0 amide bonds. The molecule has 0 aliphatic heterocycles. The molecule has 1 aliphatic carbocycles. The third-order valence-corrected chi connectivity index (χ3v) is 8.06. The summed E-state index contributed by atoms with van der Waals surface area (Å²) in [7, 11) is 0. The highest BCUT2D eigenvalue weighted by molar-refractivity contribution is 6.31. The highest BCUT2D eigenvalue weighted by atomic mass is 14.3. The van der Waals surface area contributed by atoms with Crippen LogP contribution in [0.15, 0.2) is 133 Å². The van der Waals surface area contributed by atoms with Crippen LogP contribution in [0.2, 0.25) is 0 Å². The summed E-state index contributed by atoms with van der Waals surface area (Å²) in [5, 5.41) is 8.33. The zero-order chi connectivity index (χ0) is 24.3. The third-order valence-electron chi connectivity index (χ3n) is 8.06. The Morgan fingerprint density at radius 2 is 0.919 bits per heavy atom. The normalized spacial score (nSPS) is 12.2. The second-order valence-corrected chi connectivity index (χ2v) is 10.1. The molecule has 37 heavy (non-hydrogen) atoms. The van der Waals surface area contributed by atoms with Gasteiger partial charge in [0.05, 0.1) is 0 Å². The van der Waals surface area contributed by atoms with Gasteiger partial charge in [-0.25, -0.2) is 0 Å². The first-order valence-corrected chi connectivity index (χ1v) is 13.0. The van der Waals surface area contributed by atoms with Crippen LogP contribution in [0.3, 0.4) is 0 Å². The van der Waals surface area contributed by atoms with Crippen molar-refractivity contribution in [2.45, 2.75) is 6.42 Å². The van der Waals surface area contributed by atoms with Gasteiger partial charge in [0.15, 0.2) is 0 Å². The molecule has 7 aromatic carbocycles. The molecule has 0 nitrogen and oxygen atoms in total. The molecule has 0 saturated heterocycles. The van der Waals surface area contributed by atoms with Crippen molar-refractivity contribution in [3.05, 3.63) is 145 Å². The zero-order valence-electron chi connectivity index (χ0n) is 20.4. The molecule has 0 N–H and O–H groups in total. The predicted molar refractivity (Wildman–Crippen MR) is 158 cm³/mol. The van der Waals surface area contributed by atoms with Gasteiger partial charge in [-0.1, -0.05) is 127 Å². The van der Waals surface area contributed by atoms with Crippen LogP contribution in [-0.4, -0.2) is 0 Å². The first-order chi connectivity index (χ1) is 18.4. The molecular formula is C37H24. The van der Waals surface area contributed by atoms with E-state index in [1.54, 1.807) is 0 Å². The second kappa shape index (κ2) is 7.91. The summed E-state index contributed by atoms with van der Waals surface area (Å²) in [5.41, 5.74) is 10.5. The second-order valence-electron chi connectivity index (χ2n) is 10.1. The van der Waals surface area contributed by atoms with Crippen molar-refractivity contribution in [3.63, 3.8) is 0 Å². The fraction of sp³-hybridized carbons (Fsp3) is 0.0270. The van der Waals surface area contributed by atoms with Crippen molar-refractivity contribution in [1.29, 1.82) is 0 Å². The molecule has 0 fully saturated rings. The van der Waals surface area contributed by atoms with E-state index in [1.807, 2.05) is 0 Å². The van der Waals surface area contributed by atoms with Crippen LogP contribution in [0.5, 0.6) is 0 Å². The van der Waals surface area contributed by atoms with E-state index in [1.165, 1.54) is 76.8 Å². The quantitative estimate of drug-likeness (QED) is 0.226. The molecule has 0 unspecified atom stereocenters. The molecule has 0 heteroatoms. The van der Waals surface area contributed by atoms with Crippen molar-refractivity contribution in [1.82, 2.24) is 0 Å². The molecule has 0 aromatic heterocycles. The van der Waals surface area contributed by atoms with E-state index in [-0.39, 0.29) is 0 Å². The predicted octanol–water partition coefficient (Wildman–Crippen LogP) is 10.1. The minimum atomic E-state index is 1.02. The lowest BCUT2D eigenvalue weighted by atomic mass is 9.87. The summed E-state index contributed by atoms with van der Waals surface area (Å²) in [5.74, 6) is 0. The monoisotopic (exact) mass is 468 g/mol. The Kier molecular flexibility index (Phi) is 4.39. The first-order valence-electron chi connectivity index (χ1n) is 13.0. The maximum absolute atomic E-state index is 2.40. The van der Waals surface area contributed by atoms with E-state index in [0.29, 0.717) is 0 Å². The summed E-state index contributed by atoms with van der Waals surface area (Å²) in [6.45, 7) is 0. The van der Waals surface area contributed by atoms with Gasteiger partial charge in [0, 0.05) is 0 Å². The van der Waals surface area contributed by atoms with E-state index in [2.05, 4.69) is 133 Å². The first kappa shape index (κ1) is 20.5. The average Bonchev–Trinajstić information content (AvgIpc) is 3.36. The Hall–Kier alpha value is -4.68. The molecule has 8 rings (SSSR count). The molecule has 0 radical (unpaired) electrons. The summed E-state index contributed by atoms with van der Waals surface area (Å²) in [4.78, 5) is 0. The zero-order valence-corrected chi connectivity index (χ0v) is 20.4. The van der Waals surface area contributed by atoms with Crippen LogP contribution < -0.4 is 0 Å². The number of benzene rings is 7. The minimum absolute atomic E-state index is 1.02. The van der Waals surface area contributed by atoms with Crippen molar-refractivity contribution in [2.24, 2.45) is 0 Å². The number of rotatable bonds is 3. The third kappa shape index (κ3) is 3.03. The molecule has 0 bridgehead atoms.